The van der Waals surface area contributed by atoms with Gasteiger partial charge in [0.25, 0.3) is 0 Å². The maximum atomic E-state index is 18.9. The lowest BCUT2D eigenvalue weighted by Gasteiger charge is -2.27. The first-order chi connectivity index (χ1) is 66.5. The van der Waals surface area contributed by atoms with E-state index in [9.17, 15) is 0 Å². The van der Waals surface area contributed by atoms with Crippen LogP contribution in [0.2, 0.25) is 0 Å². The van der Waals surface area contributed by atoms with Gasteiger partial charge in [0.15, 0.2) is 5.78 Å². The van der Waals surface area contributed by atoms with Gasteiger partial charge in [0, 0.05) is 11.1 Å². The smallest absolute Gasteiger partial charge is 0.193 e. The molecule has 0 bridgehead atoms. The molecule has 22 rings (SSSR count). The summed E-state index contributed by atoms with van der Waals surface area (Å²) in [6, 6.07) is 198. The van der Waals surface area contributed by atoms with Crippen molar-refractivity contribution in [2.24, 2.45) is 0 Å². The highest BCUT2D eigenvalue weighted by molar-refractivity contribution is 6.18. The van der Waals surface area contributed by atoms with Crippen molar-refractivity contribution < 1.29 is 4.79 Å². The molecule has 22 aromatic carbocycles. The molecule has 0 atom stereocenters. The Balaban J connectivity index is 0.931. The van der Waals surface area contributed by atoms with Crippen molar-refractivity contribution in [2.45, 2.75) is 0 Å². The number of carbonyl (C=O) groups excluding carboxylic acids is 1. The quantitative estimate of drug-likeness (QED) is 0.0618. The highest BCUT2D eigenvalue weighted by Gasteiger charge is 2.33. The minimum absolute atomic E-state index is 0.166. The Morgan fingerprint density at radius 1 is 0.0970 bits per heavy atom. The zero-order chi connectivity index (χ0) is 89.5. The lowest BCUT2D eigenvalue weighted by molar-refractivity contribution is 0.103. The van der Waals surface area contributed by atoms with Gasteiger partial charge in [-0.05, 0) is 283 Å². The number of hydrogen-bond acceptors (Lipinski definition) is 1. The van der Waals surface area contributed by atoms with Gasteiger partial charge < -0.3 is 0 Å². The van der Waals surface area contributed by atoms with Crippen molar-refractivity contribution in [3.8, 4) is 223 Å². The second-order valence-electron chi connectivity index (χ2n) is 34.2. The van der Waals surface area contributed by atoms with Crippen LogP contribution in [0.25, 0.3) is 223 Å². The van der Waals surface area contributed by atoms with Gasteiger partial charge in [-0.25, -0.2) is 0 Å². The van der Waals surface area contributed by atoms with Crippen molar-refractivity contribution in [1.29, 1.82) is 0 Å². The molecule has 0 aromatic heterocycles. The average Bonchev–Trinajstić information content (AvgIpc) is 0.732. The lowest BCUT2D eigenvalue weighted by Crippen LogP contribution is -2.06. The van der Waals surface area contributed by atoms with Gasteiger partial charge in [0.2, 0.25) is 0 Å². The van der Waals surface area contributed by atoms with Crippen LogP contribution >= 0.6 is 0 Å². The third-order valence-electron chi connectivity index (χ3n) is 26.0. The van der Waals surface area contributed by atoms with Crippen molar-refractivity contribution >= 4 is 5.78 Å². The highest BCUT2D eigenvalue weighted by Crippen LogP contribution is 2.58. The Bertz CT molecular complexity index is 7000. The summed E-state index contributed by atoms with van der Waals surface area (Å²) < 4.78 is 0. The van der Waals surface area contributed by atoms with E-state index in [0.29, 0.717) is 11.1 Å². The zero-order valence-corrected chi connectivity index (χ0v) is 73.9. The standard InChI is InChI=1S/C133H90O/c134-133(111-83-107(117-87-113(91-49-17-1-18-50-91)121(95-57-25-5-26-58-95)129(103-73-41-13-42-74-103)125(117)99-65-33-9-34-66-99)81-108(84-111)118-88-114(92-51-19-2-20-52-92)122(96-59-27-6-28-60-96)130(104-75-43-14-44-76-104)126(118)100-67-35-10-36-68-100)112-85-109(119-89-115(93-53-21-3-22-54-93)123(97-61-29-7-30-62-97)131(105-77-45-15-46-78-105)127(119)101-69-37-11-38-70-101)82-110(86-112)120-90-116(94-55-23-4-24-56-94)124(98-63-31-8-32-64-98)132(106-79-47-16-48-80-106)128(120)102-71-39-12-40-72-102/h1-90H. The third kappa shape index (κ3) is 16.1. The van der Waals surface area contributed by atoms with Crippen LogP contribution in [0.4, 0.5) is 0 Å². The van der Waals surface area contributed by atoms with Gasteiger partial charge in [0.05, 0.1) is 0 Å². The molecule has 22 aromatic rings. The number of hydrogen-bond donors (Lipinski definition) is 0. The van der Waals surface area contributed by atoms with Crippen molar-refractivity contribution in [1.82, 2.24) is 0 Å². The van der Waals surface area contributed by atoms with E-state index in [0.717, 1.165) is 223 Å². The molecule has 0 unspecified atom stereocenters. The van der Waals surface area contributed by atoms with E-state index in [4.69, 9.17) is 0 Å². The molecule has 0 saturated carbocycles. The monoisotopic (exact) mass is 1700 g/mol. The fraction of sp³-hybridized carbons (Fsp3) is 0. The number of rotatable bonds is 22. The lowest BCUT2D eigenvalue weighted by atomic mass is 9.76. The van der Waals surface area contributed by atoms with Crippen molar-refractivity contribution in [3.63, 3.8) is 0 Å². The molecule has 0 aliphatic carbocycles. The predicted molar refractivity (Wildman–Crippen MR) is 565 cm³/mol. The zero-order valence-electron chi connectivity index (χ0n) is 73.9. The largest absolute Gasteiger partial charge is 0.289 e. The SMILES string of the molecule is O=C(c1cc(-c2cc(-c3ccccc3)c(-c3ccccc3)c(-c3ccccc3)c2-c2ccccc2)cc(-c2cc(-c3ccccc3)c(-c3ccccc3)c(-c3ccccc3)c2-c2ccccc2)c1)c1cc(-c2cc(-c3ccccc3)c(-c3ccccc3)c(-c3ccccc3)c2-c2ccccc2)cc(-c2cc(-c3ccccc3)c(-c3ccccc3)c(-c3ccccc3)c2-c2ccccc2)c1. The van der Waals surface area contributed by atoms with Crippen molar-refractivity contribution in [3.05, 3.63) is 557 Å². The topological polar surface area (TPSA) is 17.1 Å². The van der Waals surface area contributed by atoms with E-state index < -0.39 is 0 Å². The summed E-state index contributed by atoms with van der Waals surface area (Å²) in [5, 5.41) is 0. The summed E-state index contributed by atoms with van der Waals surface area (Å²) in [6.45, 7) is 0. The first-order valence-corrected chi connectivity index (χ1v) is 46.0. The van der Waals surface area contributed by atoms with Crippen LogP contribution < -0.4 is 0 Å². The molecule has 628 valence electrons. The van der Waals surface area contributed by atoms with E-state index in [1.165, 1.54) is 0 Å². The van der Waals surface area contributed by atoms with Crippen LogP contribution in [-0.4, -0.2) is 5.78 Å². The number of benzene rings is 22. The van der Waals surface area contributed by atoms with Gasteiger partial charge >= 0.3 is 0 Å². The molecule has 0 radical (unpaired) electrons. The van der Waals surface area contributed by atoms with Crippen LogP contribution in [0.3, 0.4) is 0 Å². The van der Waals surface area contributed by atoms with Gasteiger partial charge in [-0.3, -0.25) is 4.79 Å². The first kappa shape index (κ1) is 82.2. The fourth-order valence-corrected chi connectivity index (χ4v) is 20.1. The fourth-order valence-electron chi connectivity index (χ4n) is 20.1. The molecule has 0 heterocycles. The molecule has 0 N–H and O–H groups in total. The molecule has 0 spiro atoms. The Labute approximate surface area is 784 Å². The predicted octanol–water partition coefficient (Wildman–Crippen LogP) is 36.3. The molecule has 1 heteroatoms. The Kier molecular flexibility index (Phi) is 22.9. The molecule has 1 nitrogen and oxygen atoms in total. The molecular formula is C133H90O. The molecule has 0 amide bonds. The minimum atomic E-state index is -0.166. The van der Waals surface area contributed by atoms with Gasteiger partial charge in [-0.15, -0.1) is 0 Å². The molecule has 0 aliphatic heterocycles. The Morgan fingerprint density at radius 3 is 0.328 bits per heavy atom. The summed E-state index contributed by atoms with van der Waals surface area (Å²) in [6.07, 6.45) is 0. The Morgan fingerprint density at radius 2 is 0.201 bits per heavy atom. The third-order valence-corrected chi connectivity index (χ3v) is 26.0. The molecule has 0 aliphatic rings. The van der Waals surface area contributed by atoms with Crippen LogP contribution in [0.15, 0.2) is 546 Å². The second-order valence-corrected chi connectivity index (χ2v) is 34.2. The van der Waals surface area contributed by atoms with Crippen LogP contribution in [0, 0.1) is 0 Å². The molecule has 0 fully saturated rings. The van der Waals surface area contributed by atoms with E-state index in [1.807, 2.05) is 0 Å². The van der Waals surface area contributed by atoms with Crippen LogP contribution in [-0.2, 0) is 0 Å². The van der Waals surface area contributed by atoms with E-state index in [1.54, 1.807) is 0 Å². The maximum Gasteiger partial charge on any atom is 0.193 e. The van der Waals surface area contributed by atoms with Gasteiger partial charge in [-0.1, -0.05) is 485 Å². The van der Waals surface area contributed by atoms with Gasteiger partial charge in [-0.2, -0.15) is 0 Å². The molecule has 0 saturated heterocycles. The number of carbonyl (C=O) groups is 1. The Hall–Kier alpha value is -17.5. The maximum absolute atomic E-state index is 18.9. The highest BCUT2D eigenvalue weighted by atomic mass is 16.1. The summed E-state index contributed by atoms with van der Waals surface area (Å²) in [5.41, 5.74) is 42.1. The first-order valence-electron chi connectivity index (χ1n) is 46.0. The van der Waals surface area contributed by atoms with E-state index >= 15 is 4.79 Å². The summed E-state index contributed by atoms with van der Waals surface area (Å²) in [7, 11) is 0. The second kappa shape index (κ2) is 37.3. The van der Waals surface area contributed by atoms with Crippen LogP contribution in [0.1, 0.15) is 15.9 Å². The van der Waals surface area contributed by atoms with E-state index in [2.05, 4.69) is 546 Å². The molecular weight excluding hydrogens is 1610 g/mol. The average molecular weight is 1700 g/mol. The normalized spacial score (nSPS) is 11.2. The van der Waals surface area contributed by atoms with Crippen LogP contribution in [0.5, 0.6) is 0 Å². The van der Waals surface area contributed by atoms with Gasteiger partial charge in [0.1, 0.15) is 0 Å². The molecule has 134 heavy (non-hydrogen) atoms. The minimum Gasteiger partial charge on any atom is -0.289 e. The number of ketones is 1. The summed E-state index contributed by atoms with van der Waals surface area (Å²) >= 11 is 0. The van der Waals surface area contributed by atoms with Crippen molar-refractivity contribution in [2.75, 3.05) is 0 Å². The van der Waals surface area contributed by atoms with E-state index in [-0.39, 0.29) is 5.78 Å². The summed E-state index contributed by atoms with van der Waals surface area (Å²) in [5.74, 6) is -0.166. The summed E-state index contributed by atoms with van der Waals surface area (Å²) in [4.78, 5) is 18.9.